The zero-order chi connectivity index (χ0) is 13.7. The third-order valence-electron chi connectivity index (χ3n) is 2.47. The molecule has 0 radical (unpaired) electrons. The van der Waals surface area contributed by atoms with Gasteiger partial charge in [-0.25, -0.2) is 0 Å². The molecule has 0 aliphatic heterocycles. The van der Waals surface area contributed by atoms with Crippen LogP contribution in [-0.4, -0.2) is 6.61 Å². The molecule has 0 aliphatic rings. The Hall–Kier alpha value is -2.12. The normalized spacial score (nSPS) is 9.95. The zero-order valence-corrected chi connectivity index (χ0v) is 11.2. The van der Waals surface area contributed by atoms with Crippen LogP contribution in [0.1, 0.15) is 18.4 Å². The number of nitrogens with one attached hydrogen (secondary N) is 1. The van der Waals surface area contributed by atoms with Crippen molar-refractivity contribution in [3.05, 3.63) is 46.9 Å². The summed E-state index contributed by atoms with van der Waals surface area (Å²) in [6.07, 6.45) is 0. The van der Waals surface area contributed by atoms with Crippen LogP contribution in [0.2, 0.25) is 5.02 Å². The van der Waals surface area contributed by atoms with Crippen molar-refractivity contribution in [2.75, 3.05) is 11.9 Å². The van der Waals surface area contributed by atoms with Crippen molar-refractivity contribution in [1.29, 1.82) is 5.26 Å². The van der Waals surface area contributed by atoms with Gasteiger partial charge >= 0.3 is 0 Å². The summed E-state index contributed by atoms with van der Waals surface area (Å²) in [5.74, 6) is 1.71. The molecule has 1 aromatic carbocycles. The van der Waals surface area contributed by atoms with Crippen LogP contribution in [0, 0.1) is 11.3 Å². The van der Waals surface area contributed by atoms with Gasteiger partial charge in [-0.05, 0) is 37.3 Å². The highest BCUT2D eigenvalue weighted by Crippen LogP contribution is 2.28. The maximum atomic E-state index is 8.69. The first kappa shape index (κ1) is 13.3. The van der Waals surface area contributed by atoms with E-state index in [4.69, 9.17) is 26.0 Å². The smallest absolute Gasteiger partial charge is 0.203 e. The molecule has 1 aromatic heterocycles. The zero-order valence-electron chi connectivity index (χ0n) is 10.4. The fourth-order valence-corrected chi connectivity index (χ4v) is 1.81. The summed E-state index contributed by atoms with van der Waals surface area (Å²) in [5.41, 5.74) is 0.796. The Morgan fingerprint density at radius 1 is 1.37 bits per heavy atom. The van der Waals surface area contributed by atoms with E-state index in [0.29, 0.717) is 29.7 Å². The average molecular weight is 277 g/mol. The Morgan fingerprint density at radius 2 is 2.21 bits per heavy atom. The Kier molecular flexibility index (Phi) is 4.32. The lowest BCUT2D eigenvalue weighted by Gasteiger charge is -2.11. The highest BCUT2D eigenvalue weighted by atomic mass is 35.5. The van der Waals surface area contributed by atoms with E-state index in [1.807, 2.05) is 19.1 Å². The molecule has 0 amide bonds. The second-order valence-corrected chi connectivity index (χ2v) is 4.24. The van der Waals surface area contributed by atoms with E-state index in [2.05, 4.69) is 5.32 Å². The molecule has 0 bridgehead atoms. The minimum Gasteiger partial charge on any atom is -0.492 e. The summed E-state index contributed by atoms with van der Waals surface area (Å²) in [6, 6.07) is 10.7. The van der Waals surface area contributed by atoms with Crippen LogP contribution in [0.3, 0.4) is 0 Å². The number of furan rings is 1. The molecule has 0 spiro atoms. The number of nitriles is 1. The van der Waals surface area contributed by atoms with Crippen molar-refractivity contribution in [3.63, 3.8) is 0 Å². The van der Waals surface area contributed by atoms with E-state index < -0.39 is 0 Å². The maximum absolute atomic E-state index is 8.69. The molecule has 0 saturated heterocycles. The van der Waals surface area contributed by atoms with Crippen molar-refractivity contribution in [2.24, 2.45) is 0 Å². The van der Waals surface area contributed by atoms with Crippen LogP contribution < -0.4 is 10.1 Å². The second kappa shape index (κ2) is 6.17. The monoisotopic (exact) mass is 276 g/mol. The predicted octanol–water partition coefficient (Wildman–Crippen LogP) is 3.82. The summed E-state index contributed by atoms with van der Waals surface area (Å²) < 4.78 is 10.8. The molecule has 5 heteroatoms. The molecule has 1 N–H and O–H groups in total. The number of ether oxygens (including phenoxy) is 1. The van der Waals surface area contributed by atoms with Gasteiger partial charge in [-0.3, -0.25) is 0 Å². The Morgan fingerprint density at radius 3 is 2.89 bits per heavy atom. The molecule has 0 unspecified atom stereocenters. The van der Waals surface area contributed by atoms with Gasteiger partial charge in [0.1, 0.15) is 17.6 Å². The van der Waals surface area contributed by atoms with E-state index in [1.54, 1.807) is 24.3 Å². The Bertz CT molecular complexity index is 602. The fraction of sp³-hybridized carbons (Fsp3) is 0.214. The number of nitrogens with zero attached hydrogens (tertiary/aromatic N) is 1. The molecular formula is C14H13ClN2O2. The lowest BCUT2D eigenvalue weighted by Crippen LogP contribution is -2.02. The molecule has 0 saturated carbocycles. The van der Waals surface area contributed by atoms with Crippen LogP contribution in [0.15, 0.2) is 34.7 Å². The van der Waals surface area contributed by atoms with Crippen molar-refractivity contribution in [3.8, 4) is 11.8 Å². The minimum absolute atomic E-state index is 0.299. The molecule has 2 rings (SSSR count). The Balaban J connectivity index is 2.09. The summed E-state index contributed by atoms with van der Waals surface area (Å²) in [5, 5.41) is 12.5. The predicted molar refractivity (Wildman–Crippen MR) is 73.4 cm³/mol. The van der Waals surface area contributed by atoms with Crippen LogP contribution in [0.4, 0.5) is 5.69 Å². The highest BCUT2D eigenvalue weighted by Gasteiger charge is 2.06. The van der Waals surface area contributed by atoms with E-state index in [1.165, 1.54) is 0 Å². The van der Waals surface area contributed by atoms with Gasteiger partial charge in [-0.1, -0.05) is 11.6 Å². The van der Waals surface area contributed by atoms with Crippen LogP contribution in [0.5, 0.6) is 5.75 Å². The van der Waals surface area contributed by atoms with Crippen LogP contribution in [0.25, 0.3) is 0 Å². The molecule has 0 fully saturated rings. The van der Waals surface area contributed by atoms with Crippen LogP contribution in [-0.2, 0) is 6.54 Å². The molecular weight excluding hydrogens is 264 g/mol. The summed E-state index contributed by atoms with van der Waals surface area (Å²) >= 11 is 5.96. The lowest BCUT2D eigenvalue weighted by molar-refractivity contribution is 0.341. The molecule has 1 heterocycles. The topological polar surface area (TPSA) is 58.2 Å². The van der Waals surface area contributed by atoms with Gasteiger partial charge in [-0.15, -0.1) is 0 Å². The summed E-state index contributed by atoms with van der Waals surface area (Å²) in [6.45, 7) is 2.96. The first-order chi connectivity index (χ1) is 9.22. The van der Waals surface area contributed by atoms with E-state index in [9.17, 15) is 0 Å². The van der Waals surface area contributed by atoms with Gasteiger partial charge in [-0.2, -0.15) is 5.26 Å². The van der Waals surface area contributed by atoms with Crippen molar-refractivity contribution in [1.82, 2.24) is 0 Å². The highest BCUT2D eigenvalue weighted by molar-refractivity contribution is 6.30. The first-order valence-corrected chi connectivity index (χ1v) is 6.25. The standard InChI is InChI=1S/C14H13ClN2O2/c1-2-18-14-6-3-10(15)7-13(14)17-9-12-5-4-11(8-16)19-12/h3-7,17H,2,9H2,1H3. The molecule has 0 aliphatic carbocycles. The van der Waals surface area contributed by atoms with Crippen molar-refractivity contribution in [2.45, 2.75) is 13.5 Å². The van der Waals surface area contributed by atoms with Gasteiger partial charge < -0.3 is 14.5 Å². The molecule has 98 valence electrons. The van der Waals surface area contributed by atoms with E-state index in [0.717, 1.165) is 11.4 Å². The largest absolute Gasteiger partial charge is 0.492 e. The number of rotatable bonds is 5. The lowest BCUT2D eigenvalue weighted by atomic mass is 10.3. The molecule has 2 aromatic rings. The Labute approximate surface area is 116 Å². The number of halogens is 1. The van der Waals surface area contributed by atoms with E-state index in [-0.39, 0.29) is 0 Å². The van der Waals surface area contributed by atoms with Gasteiger partial charge in [0.15, 0.2) is 0 Å². The van der Waals surface area contributed by atoms with E-state index >= 15 is 0 Å². The third-order valence-corrected chi connectivity index (χ3v) is 2.70. The molecule has 19 heavy (non-hydrogen) atoms. The number of hydrogen-bond acceptors (Lipinski definition) is 4. The van der Waals surface area contributed by atoms with Gasteiger partial charge in [0.25, 0.3) is 0 Å². The number of hydrogen-bond donors (Lipinski definition) is 1. The SMILES string of the molecule is CCOc1ccc(Cl)cc1NCc1ccc(C#N)o1. The van der Waals surface area contributed by atoms with Crippen molar-refractivity contribution < 1.29 is 9.15 Å². The molecule has 0 atom stereocenters. The minimum atomic E-state index is 0.299. The average Bonchev–Trinajstić information content (AvgIpc) is 2.87. The summed E-state index contributed by atoms with van der Waals surface area (Å²) in [4.78, 5) is 0. The first-order valence-electron chi connectivity index (χ1n) is 5.88. The number of benzene rings is 1. The molecule has 4 nitrogen and oxygen atoms in total. The van der Waals surface area contributed by atoms with Gasteiger partial charge in [0.05, 0.1) is 18.8 Å². The quantitative estimate of drug-likeness (QED) is 0.902. The van der Waals surface area contributed by atoms with Gasteiger partial charge in [0, 0.05) is 5.02 Å². The van der Waals surface area contributed by atoms with Crippen LogP contribution >= 0.6 is 11.6 Å². The number of anilines is 1. The second-order valence-electron chi connectivity index (χ2n) is 3.80. The summed E-state index contributed by atoms with van der Waals surface area (Å²) in [7, 11) is 0. The fourth-order valence-electron chi connectivity index (χ4n) is 1.64. The van der Waals surface area contributed by atoms with Crippen molar-refractivity contribution >= 4 is 17.3 Å². The maximum Gasteiger partial charge on any atom is 0.203 e. The third kappa shape index (κ3) is 3.43. The van der Waals surface area contributed by atoms with Gasteiger partial charge in [0.2, 0.25) is 5.76 Å².